The first-order valence-electron chi connectivity index (χ1n) is 8.10. The van der Waals surface area contributed by atoms with Gasteiger partial charge < -0.3 is 10.2 Å². The van der Waals surface area contributed by atoms with Crippen LogP contribution in [0.2, 0.25) is 0 Å². The lowest BCUT2D eigenvalue weighted by atomic mass is 10.2. The first-order valence-corrected chi connectivity index (χ1v) is 8.89. The number of benzene rings is 2. The van der Waals surface area contributed by atoms with Gasteiger partial charge in [0.15, 0.2) is 0 Å². The largest absolute Gasteiger partial charge is 0.340 e. The lowest BCUT2D eigenvalue weighted by molar-refractivity contribution is 0.102. The summed E-state index contributed by atoms with van der Waals surface area (Å²) in [5.41, 5.74) is 4.69. The number of amides is 1. The van der Waals surface area contributed by atoms with Crippen molar-refractivity contribution in [3.8, 4) is 0 Å². The average Bonchev–Trinajstić information content (AvgIpc) is 3.08. The van der Waals surface area contributed by atoms with Crippen LogP contribution >= 0.6 is 15.9 Å². The van der Waals surface area contributed by atoms with E-state index in [2.05, 4.69) is 49.3 Å². The van der Waals surface area contributed by atoms with E-state index in [1.54, 1.807) is 12.3 Å². The Hall–Kier alpha value is -2.66. The minimum Gasteiger partial charge on any atom is -0.340 e. The van der Waals surface area contributed by atoms with Crippen molar-refractivity contribution in [1.82, 2.24) is 4.98 Å². The molecule has 25 heavy (non-hydrogen) atoms. The molecule has 1 aromatic heterocycles. The van der Waals surface area contributed by atoms with Gasteiger partial charge in [0, 0.05) is 16.7 Å². The number of hydrogen-bond donors (Lipinski definition) is 1. The Morgan fingerprint density at radius 2 is 1.84 bits per heavy atom. The third-order valence-corrected chi connectivity index (χ3v) is 4.99. The second-order valence-corrected chi connectivity index (χ2v) is 6.72. The molecule has 0 saturated carbocycles. The molecule has 4 rings (SSSR count). The van der Waals surface area contributed by atoms with Gasteiger partial charge in [-0.05, 0) is 58.2 Å². The Morgan fingerprint density at radius 3 is 2.64 bits per heavy atom. The van der Waals surface area contributed by atoms with E-state index in [9.17, 15) is 4.79 Å². The van der Waals surface area contributed by atoms with Gasteiger partial charge in [-0.15, -0.1) is 0 Å². The Bertz CT molecular complexity index is 924. The van der Waals surface area contributed by atoms with E-state index in [4.69, 9.17) is 0 Å². The molecule has 3 aromatic rings. The molecular formula is C20H16BrN3O. The smallest absolute Gasteiger partial charge is 0.274 e. The van der Waals surface area contributed by atoms with Gasteiger partial charge in [-0.2, -0.15) is 0 Å². The Kier molecular flexibility index (Phi) is 4.24. The number of hydrogen-bond acceptors (Lipinski definition) is 3. The number of anilines is 3. The van der Waals surface area contributed by atoms with Crippen LogP contribution in [0.5, 0.6) is 0 Å². The minimum absolute atomic E-state index is 0.222. The molecule has 0 radical (unpaired) electrons. The molecule has 4 nitrogen and oxygen atoms in total. The highest BCUT2D eigenvalue weighted by atomic mass is 79.9. The van der Waals surface area contributed by atoms with Crippen LogP contribution in [0.4, 0.5) is 17.1 Å². The third-order valence-electron chi connectivity index (χ3n) is 4.30. The summed E-state index contributed by atoms with van der Waals surface area (Å²) in [5, 5.41) is 2.87. The lowest BCUT2D eigenvalue weighted by Crippen LogP contribution is -2.16. The molecule has 1 amide bonds. The van der Waals surface area contributed by atoms with Crippen LogP contribution in [-0.4, -0.2) is 17.4 Å². The molecule has 2 aromatic carbocycles. The summed E-state index contributed by atoms with van der Waals surface area (Å²) in [6.07, 6.45) is 2.79. The van der Waals surface area contributed by atoms with E-state index < -0.39 is 0 Å². The maximum atomic E-state index is 12.4. The fraction of sp³-hybridized carbons (Fsp3) is 0.100. The summed E-state index contributed by atoms with van der Waals surface area (Å²) < 4.78 is 0.841. The summed E-state index contributed by atoms with van der Waals surface area (Å²) in [7, 11) is 0. The highest BCUT2D eigenvalue weighted by molar-refractivity contribution is 9.10. The molecule has 0 atom stereocenters. The summed E-state index contributed by atoms with van der Waals surface area (Å²) in [6.45, 7) is 0.934. The number of aromatic nitrogens is 1. The number of fused-ring (bicyclic) bond motifs is 1. The number of nitrogens with zero attached hydrogens (tertiary/aromatic N) is 2. The zero-order valence-corrected chi connectivity index (χ0v) is 15.0. The van der Waals surface area contributed by atoms with E-state index in [0.29, 0.717) is 5.69 Å². The van der Waals surface area contributed by atoms with Crippen LogP contribution in [0.15, 0.2) is 71.3 Å². The predicted molar refractivity (Wildman–Crippen MR) is 103 cm³/mol. The van der Waals surface area contributed by atoms with Gasteiger partial charge in [0.1, 0.15) is 5.69 Å². The average molecular weight is 394 g/mol. The molecule has 1 aliphatic heterocycles. The molecular weight excluding hydrogens is 378 g/mol. The fourth-order valence-corrected chi connectivity index (χ4v) is 3.42. The van der Waals surface area contributed by atoms with Gasteiger partial charge in [-0.25, -0.2) is 4.98 Å². The second-order valence-electron chi connectivity index (χ2n) is 5.87. The summed E-state index contributed by atoms with van der Waals surface area (Å²) in [4.78, 5) is 19.0. The number of para-hydroxylation sites is 2. The molecule has 1 aliphatic rings. The van der Waals surface area contributed by atoms with E-state index in [1.807, 2.05) is 36.4 Å². The highest BCUT2D eigenvalue weighted by Crippen LogP contribution is 2.33. The van der Waals surface area contributed by atoms with Crippen molar-refractivity contribution in [3.63, 3.8) is 0 Å². The van der Waals surface area contributed by atoms with Crippen LogP contribution in [0.1, 0.15) is 16.1 Å². The fourth-order valence-electron chi connectivity index (χ4n) is 3.04. The van der Waals surface area contributed by atoms with E-state index in [1.165, 1.54) is 11.3 Å². The monoisotopic (exact) mass is 393 g/mol. The summed E-state index contributed by atoms with van der Waals surface area (Å²) in [5.74, 6) is -0.222. The highest BCUT2D eigenvalue weighted by Gasteiger charge is 2.20. The van der Waals surface area contributed by atoms with Crippen molar-refractivity contribution < 1.29 is 4.79 Å². The van der Waals surface area contributed by atoms with Crippen molar-refractivity contribution >= 4 is 38.9 Å². The molecule has 0 bridgehead atoms. The predicted octanol–water partition coefficient (Wildman–Crippen LogP) is 4.79. The van der Waals surface area contributed by atoms with Gasteiger partial charge in [-0.1, -0.05) is 30.3 Å². The van der Waals surface area contributed by atoms with Crippen molar-refractivity contribution in [2.24, 2.45) is 0 Å². The van der Waals surface area contributed by atoms with Gasteiger partial charge in [0.2, 0.25) is 0 Å². The van der Waals surface area contributed by atoms with E-state index >= 15 is 0 Å². The SMILES string of the molecule is O=C(Nc1ccccc1Br)c1ccc(N2CCc3ccccc32)cn1. The van der Waals surface area contributed by atoms with Gasteiger partial charge >= 0.3 is 0 Å². The number of carbonyl (C=O) groups excluding carboxylic acids is 1. The van der Waals surface area contributed by atoms with Crippen LogP contribution in [0, 0.1) is 0 Å². The zero-order valence-electron chi connectivity index (χ0n) is 13.4. The second kappa shape index (κ2) is 6.69. The minimum atomic E-state index is -0.222. The quantitative estimate of drug-likeness (QED) is 0.695. The van der Waals surface area contributed by atoms with Crippen molar-refractivity contribution in [3.05, 3.63) is 82.6 Å². The summed E-state index contributed by atoms with van der Waals surface area (Å²) >= 11 is 3.43. The standard InChI is InChI=1S/C20H16BrN3O/c21-16-6-2-3-7-17(16)23-20(25)18-10-9-15(13-22-18)24-12-11-14-5-1-4-8-19(14)24/h1-10,13H,11-12H2,(H,23,25). The normalized spacial score (nSPS) is 12.8. The number of nitrogens with one attached hydrogen (secondary N) is 1. The third kappa shape index (κ3) is 3.15. The molecule has 0 saturated heterocycles. The molecule has 1 N–H and O–H groups in total. The molecule has 2 heterocycles. The summed E-state index contributed by atoms with van der Waals surface area (Å²) in [6, 6.07) is 19.6. The van der Waals surface area contributed by atoms with Gasteiger partial charge in [0.05, 0.1) is 17.6 Å². The molecule has 0 fully saturated rings. The number of pyridine rings is 1. The van der Waals surface area contributed by atoms with Gasteiger partial charge in [-0.3, -0.25) is 4.79 Å². The van der Waals surface area contributed by atoms with E-state index in [-0.39, 0.29) is 5.91 Å². The molecule has 124 valence electrons. The molecule has 5 heteroatoms. The van der Waals surface area contributed by atoms with Crippen LogP contribution in [-0.2, 0) is 6.42 Å². The lowest BCUT2D eigenvalue weighted by Gasteiger charge is -2.19. The van der Waals surface area contributed by atoms with E-state index in [0.717, 1.165) is 28.8 Å². The maximum absolute atomic E-state index is 12.4. The Labute approximate surface area is 154 Å². The van der Waals surface area contributed by atoms with Crippen LogP contribution in [0.25, 0.3) is 0 Å². The van der Waals surface area contributed by atoms with Crippen molar-refractivity contribution in [1.29, 1.82) is 0 Å². The number of rotatable bonds is 3. The zero-order chi connectivity index (χ0) is 17.2. The van der Waals surface area contributed by atoms with Crippen molar-refractivity contribution in [2.45, 2.75) is 6.42 Å². The number of halogens is 1. The van der Waals surface area contributed by atoms with Crippen molar-refractivity contribution in [2.75, 3.05) is 16.8 Å². The molecule has 0 unspecified atom stereocenters. The molecule has 0 spiro atoms. The van der Waals surface area contributed by atoms with Crippen LogP contribution < -0.4 is 10.2 Å². The first-order chi connectivity index (χ1) is 12.2. The Morgan fingerprint density at radius 1 is 1.04 bits per heavy atom. The maximum Gasteiger partial charge on any atom is 0.274 e. The molecule has 0 aliphatic carbocycles. The van der Waals surface area contributed by atoms with Gasteiger partial charge in [0.25, 0.3) is 5.91 Å². The first kappa shape index (κ1) is 15.8. The van der Waals surface area contributed by atoms with Crippen LogP contribution in [0.3, 0.4) is 0 Å². The topological polar surface area (TPSA) is 45.2 Å². The Balaban J connectivity index is 1.53. The number of carbonyl (C=O) groups is 1.